The first-order valence-electron chi connectivity index (χ1n) is 7.46. The smallest absolute Gasteiger partial charge is 0.303 e. The molecule has 0 unspecified atom stereocenters. The highest BCUT2D eigenvalue weighted by Gasteiger charge is 2.07. The van der Waals surface area contributed by atoms with Gasteiger partial charge < -0.3 is 5.11 Å². The Labute approximate surface area is 150 Å². The number of carboxylic acid groups (broad SMARTS) is 1. The van der Waals surface area contributed by atoms with E-state index >= 15 is 0 Å². The second kappa shape index (κ2) is 9.25. The number of hydrogen-bond acceptors (Lipinski definition) is 4. The van der Waals surface area contributed by atoms with Crippen molar-refractivity contribution < 1.29 is 9.90 Å². The molecule has 2 aromatic rings. The average molecular weight is 366 g/mol. The minimum Gasteiger partial charge on any atom is -0.481 e. The summed E-state index contributed by atoms with van der Waals surface area (Å²) >= 11 is 11.9. The SMILES string of the molecule is O=C(O)CCCC/C(=N/Nc1cc(Cl)cc(Cl)c1)c1ccccn1. The van der Waals surface area contributed by atoms with Gasteiger partial charge in [-0.25, -0.2) is 0 Å². The number of rotatable bonds is 8. The summed E-state index contributed by atoms with van der Waals surface area (Å²) in [5.41, 5.74) is 5.10. The van der Waals surface area contributed by atoms with Gasteiger partial charge in [-0.05, 0) is 49.6 Å². The molecule has 0 saturated carbocycles. The summed E-state index contributed by atoms with van der Waals surface area (Å²) in [5, 5.41) is 14.2. The van der Waals surface area contributed by atoms with Crippen LogP contribution in [0.1, 0.15) is 31.4 Å². The van der Waals surface area contributed by atoms with Gasteiger partial charge in [0.15, 0.2) is 0 Å². The van der Waals surface area contributed by atoms with Crippen LogP contribution in [0.3, 0.4) is 0 Å². The number of pyridine rings is 1. The Morgan fingerprint density at radius 1 is 1.12 bits per heavy atom. The summed E-state index contributed by atoms with van der Waals surface area (Å²) in [6, 6.07) is 10.7. The number of unbranched alkanes of at least 4 members (excludes halogenated alkanes) is 1. The van der Waals surface area contributed by atoms with E-state index in [0.29, 0.717) is 35.0 Å². The number of benzene rings is 1. The van der Waals surface area contributed by atoms with E-state index in [4.69, 9.17) is 28.3 Å². The molecule has 5 nitrogen and oxygen atoms in total. The molecule has 1 aromatic carbocycles. The molecular weight excluding hydrogens is 349 g/mol. The van der Waals surface area contributed by atoms with Crippen molar-refractivity contribution >= 4 is 40.6 Å². The molecule has 0 amide bonds. The maximum atomic E-state index is 10.6. The predicted octanol–water partition coefficient (Wildman–Crippen LogP) is 4.85. The van der Waals surface area contributed by atoms with E-state index in [0.717, 1.165) is 11.4 Å². The summed E-state index contributed by atoms with van der Waals surface area (Å²) in [7, 11) is 0. The van der Waals surface area contributed by atoms with Crippen molar-refractivity contribution in [1.82, 2.24) is 4.98 Å². The lowest BCUT2D eigenvalue weighted by Crippen LogP contribution is -2.07. The van der Waals surface area contributed by atoms with Crippen LogP contribution in [0.5, 0.6) is 0 Å². The van der Waals surface area contributed by atoms with E-state index in [9.17, 15) is 4.79 Å². The van der Waals surface area contributed by atoms with Crippen LogP contribution in [0.15, 0.2) is 47.7 Å². The maximum absolute atomic E-state index is 10.6. The van der Waals surface area contributed by atoms with Crippen molar-refractivity contribution in [1.29, 1.82) is 0 Å². The van der Waals surface area contributed by atoms with Crippen LogP contribution in [0.2, 0.25) is 10.0 Å². The summed E-state index contributed by atoms with van der Waals surface area (Å²) in [6.45, 7) is 0. The molecule has 126 valence electrons. The molecule has 0 bridgehead atoms. The van der Waals surface area contributed by atoms with Crippen molar-refractivity contribution in [3.63, 3.8) is 0 Å². The third kappa shape index (κ3) is 6.18. The van der Waals surface area contributed by atoms with Crippen molar-refractivity contribution in [3.05, 3.63) is 58.3 Å². The van der Waals surface area contributed by atoms with Crippen LogP contribution >= 0.6 is 23.2 Å². The number of aliphatic carboxylic acids is 1. The van der Waals surface area contributed by atoms with Gasteiger partial charge in [-0.3, -0.25) is 15.2 Å². The molecule has 2 rings (SSSR count). The first kappa shape index (κ1) is 18.2. The molecule has 0 atom stereocenters. The van der Waals surface area contributed by atoms with Gasteiger partial charge in [0.2, 0.25) is 0 Å². The fraction of sp³-hybridized carbons (Fsp3) is 0.235. The number of carbonyl (C=O) groups is 1. The largest absolute Gasteiger partial charge is 0.481 e. The predicted molar refractivity (Wildman–Crippen MR) is 97.0 cm³/mol. The number of hydrazone groups is 1. The van der Waals surface area contributed by atoms with Gasteiger partial charge in [-0.15, -0.1) is 0 Å². The lowest BCUT2D eigenvalue weighted by Gasteiger charge is -2.08. The van der Waals surface area contributed by atoms with Gasteiger partial charge in [-0.2, -0.15) is 5.10 Å². The van der Waals surface area contributed by atoms with Crippen molar-refractivity contribution in [2.45, 2.75) is 25.7 Å². The zero-order valence-corrected chi connectivity index (χ0v) is 14.4. The van der Waals surface area contributed by atoms with Gasteiger partial charge >= 0.3 is 5.97 Å². The van der Waals surface area contributed by atoms with Crippen LogP contribution in [0.25, 0.3) is 0 Å². The lowest BCUT2D eigenvalue weighted by atomic mass is 10.1. The lowest BCUT2D eigenvalue weighted by molar-refractivity contribution is -0.137. The van der Waals surface area contributed by atoms with Crippen LogP contribution in [0, 0.1) is 0 Å². The third-order valence-corrected chi connectivity index (χ3v) is 3.63. The van der Waals surface area contributed by atoms with E-state index < -0.39 is 5.97 Å². The Hall–Kier alpha value is -2.11. The number of nitrogens with zero attached hydrogens (tertiary/aromatic N) is 2. The first-order valence-corrected chi connectivity index (χ1v) is 8.22. The van der Waals surface area contributed by atoms with Crippen LogP contribution in [0.4, 0.5) is 5.69 Å². The third-order valence-electron chi connectivity index (χ3n) is 3.20. The minimum absolute atomic E-state index is 0.146. The maximum Gasteiger partial charge on any atom is 0.303 e. The molecule has 7 heteroatoms. The number of halogens is 2. The van der Waals surface area contributed by atoms with Crippen molar-refractivity contribution in [3.8, 4) is 0 Å². The molecular formula is C17H17Cl2N3O2. The van der Waals surface area contributed by atoms with Gasteiger partial charge in [0.25, 0.3) is 0 Å². The van der Waals surface area contributed by atoms with Crippen molar-refractivity contribution in [2.24, 2.45) is 5.10 Å². The van der Waals surface area contributed by atoms with E-state index in [1.165, 1.54) is 0 Å². The Morgan fingerprint density at radius 2 is 1.83 bits per heavy atom. The monoisotopic (exact) mass is 365 g/mol. The summed E-state index contributed by atoms with van der Waals surface area (Å²) in [5.74, 6) is -0.794. The second-order valence-corrected chi connectivity index (χ2v) is 6.02. The molecule has 0 radical (unpaired) electrons. The standard InChI is InChI=1S/C17H17Cl2N3O2/c18-12-9-13(19)11-14(10-12)21-22-16(6-1-2-7-17(23)24)15-5-3-4-8-20-15/h3-5,8-11,21H,1-2,6-7H2,(H,23,24)/b22-16-. The van der Waals surface area contributed by atoms with E-state index in [1.54, 1.807) is 24.4 Å². The van der Waals surface area contributed by atoms with E-state index in [-0.39, 0.29) is 6.42 Å². The molecule has 0 fully saturated rings. The average Bonchev–Trinajstić information content (AvgIpc) is 2.54. The van der Waals surface area contributed by atoms with E-state index in [2.05, 4.69) is 15.5 Å². The van der Waals surface area contributed by atoms with Gasteiger partial charge in [0, 0.05) is 22.7 Å². The molecule has 2 N–H and O–H groups in total. The Balaban J connectivity index is 2.10. The van der Waals surface area contributed by atoms with Crippen LogP contribution < -0.4 is 5.43 Å². The molecule has 0 aliphatic carbocycles. The molecule has 1 aromatic heterocycles. The fourth-order valence-electron chi connectivity index (χ4n) is 2.09. The Kier molecular flexibility index (Phi) is 7.03. The highest BCUT2D eigenvalue weighted by molar-refractivity contribution is 6.35. The van der Waals surface area contributed by atoms with Gasteiger partial charge in [-0.1, -0.05) is 29.3 Å². The van der Waals surface area contributed by atoms with Gasteiger partial charge in [0.05, 0.1) is 17.1 Å². The highest BCUT2D eigenvalue weighted by atomic mass is 35.5. The van der Waals surface area contributed by atoms with Crippen LogP contribution in [-0.4, -0.2) is 21.8 Å². The quantitative estimate of drug-likeness (QED) is 0.398. The molecule has 0 spiro atoms. The van der Waals surface area contributed by atoms with Gasteiger partial charge in [0.1, 0.15) is 0 Å². The van der Waals surface area contributed by atoms with Crippen molar-refractivity contribution in [2.75, 3.05) is 5.43 Å². The summed E-state index contributed by atoms with van der Waals surface area (Å²) in [4.78, 5) is 14.9. The molecule has 0 aliphatic rings. The fourth-order valence-corrected chi connectivity index (χ4v) is 2.62. The normalized spacial score (nSPS) is 11.3. The highest BCUT2D eigenvalue weighted by Crippen LogP contribution is 2.22. The minimum atomic E-state index is -0.794. The summed E-state index contributed by atoms with van der Waals surface area (Å²) < 4.78 is 0. The number of hydrogen-bond donors (Lipinski definition) is 2. The summed E-state index contributed by atoms with van der Waals surface area (Å²) in [6.07, 6.45) is 3.75. The first-order chi connectivity index (χ1) is 11.5. The molecule has 0 aliphatic heterocycles. The molecule has 0 saturated heterocycles. The number of aromatic nitrogens is 1. The van der Waals surface area contributed by atoms with Crippen LogP contribution in [-0.2, 0) is 4.79 Å². The second-order valence-electron chi connectivity index (χ2n) is 5.14. The molecule has 1 heterocycles. The number of nitrogens with one attached hydrogen (secondary N) is 1. The number of carboxylic acids is 1. The Bertz CT molecular complexity index is 701. The van der Waals surface area contributed by atoms with E-state index in [1.807, 2.05) is 18.2 Å². The Morgan fingerprint density at radius 3 is 2.46 bits per heavy atom. The number of anilines is 1. The zero-order chi connectivity index (χ0) is 17.4. The zero-order valence-electron chi connectivity index (χ0n) is 12.9. The molecule has 24 heavy (non-hydrogen) atoms. The topological polar surface area (TPSA) is 74.6 Å².